The number of hydrogen-bond acceptors (Lipinski definition) is 0. The number of hydrogen-bond donors (Lipinski definition) is 2. The van der Waals surface area contributed by atoms with Crippen molar-refractivity contribution in [3.05, 3.63) is 36.0 Å². The first-order valence-corrected chi connectivity index (χ1v) is 6.71. The summed E-state index contributed by atoms with van der Waals surface area (Å²) in [5.74, 6) is 0.932. The minimum atomic E-state index is 0.932. The molecule has 1 aliphatic rings. The number of aromatic nitrogens is 1. The molecule has 3 rings (SSSR count). The molecule has 2 heterocycles. The molecule has 0 spiro atoms. The third-order valence-corrected chi connectivity index (χ3v) is 4.10. The summed E-state index contributed by atoms with van der Waals surface area (Å²) >= 11 is 0. The molecule has 2 aromatic rings. The molecule has 1 aromatic heterocycles. The van der Waals surface area contributed by atoms with E-state index < -0.39 is 0 Å². The summed E-state index contributed by atoms with van der Waals surface area (Å²) in [5, 5.41) is 1.40. The Hall–Kier alpha value is -1.28. The smallest absolute Gasteiger partial charge is 0.105 e. The van der Waals surface area contributed by atoms with E-state index in [0.717, 1.165) is 5.92 Å². The van der Waals surface area contributed by atoms with Crippen molar-refractivity contribution in [3.8, 4) is 0 Å². The first-order valence-electron chi connectivity index (χ1n) is 6.71. The van der Waals surface area contributed by atoms with Crippen LogP contribution < -0.4 is 4.90 Å². The minimum Gasteiger partial charge on any atom is -0.361 e. The normalized spacial score (nSPS) is 25.2. The molecule has 2 heteroatoms. The van der Waals surface area contributed by atoms with E-state index >= 15 is 0 Å². The van der Waals surface area contributed by atoms with Crippen molar-refractivity contribution in [2.24, 2.45) is 5.92 Å². The maximum atomic E-state index is 3.37. The molecule has 1 aromatic carbocycles. The molecule has 1 fully saturated rings. The fourth-order valence-corrected chi connectivity index (χ4v) is 2.89. The van der Waals surface area contributed by atoms with Crippen molar-refractivity contribution >= 4 is 10.9 Å². The fourth-order valence-electron chi connectivity index (χ4n) is 2.89. The van der Waals surface area contributed by atoms with Crippen LogP contribution in [0.25, 0.3) is 10.9 Å². The van der Waals surface area contributed by atoms with Crippen LogP contribution in [0.2, 0.25) is 0 Å². The van der Waals surface area contributed by atoms with E-state index in [2.05, 4.69) is 42.4 Å². The van der Waals surface area contributed by atoms with Gasteiger partial charge in [0.25, 0.3) is 0 Å². The quantitative estimate of drug-likeness (QED) is 0.785. The van der Waals surface area contributed by atoms with E-state index in [0.29, 0.717) is 0 Å². The van der Waals surface area contributed by atoms with E-state index in [4.69, 9.17) is 0 Å². The molecule has 90 valence electrons. The Morgan fingerprint density at radius 1 is 1.24 bits per heavy atom. The molecule has 0 radical (unpaired) electrons. The van der Waals surface area contributed by atoms with E-state index in [1.807, 2.05) is 0 Å². The van der Waals surface area contributed by atoms with Crippen molar-refractivity contribution in [2.45, 2.75) is 26.3 Å². The van der Waals surface area contributed by atoms with Crippen molar-refractivity contribution in [1.82, 2.24) is 4.98 Å². The zero-order chi connectivity index (χ0) is 11.7. The molecular weight excluding hydrogens is 208 g/mol. The van der Waals surface area contributed by atoms with Crippen LogP contribution in [0.15, 0.2) is 30.5 Å². The highest BCUT2D eigenvalue weighted by molar-refractivity contribution is 5.82. The first-order chi connectivity index (χ1) is 8.33. The van der Waals surface area contributed by atoms with E-state index in [-0.39, 0.29) is 0 Å². The molecule has 2 nitrogen and oxygen atoms in total. The van der Waals surface area contributed by atoms with Crippen LogP contribution in [0.5, 0.6) is 0 Å². The van der Waals surface area contributed by atoms with Crippen LogP contribution in [-0.4, -0.2) is 18.1 Å². The SMILES string of the molecule is CC1CC[NH+](Cc2c[nH]c3ccccc23)CC1. The Morgan fingerprint density at radius 2 is 2.00 bits per heavy atom. The van der Waals surface area contributed by atoms with Crippen molar-refractivity contribution < 1.29 is 4.90 Å². The van der Waals surface area contributed by atoms with Gasteiger partial charge in [-0.3, -0.25) is 0 Å². The summed E-state index contributed by atoms with van der Waals surface area (Å²) in [6, 6.07) is 8.62. The van der Waals surface area contributed by atoms with Crippen LogP contribution in [0, 0.1) is 5.92 Å². The van der Waals surface area contributed by atoms with Gasteiger partial charge in [-0.05, 0) is 24.8 Å². The van der Waals surface area contributed by atoms with Gasteiger partial charge in [-0.1, -0.05) is 25.1 Å². The molecule has 17 heavy (non-hydrogen) atoms. The minimum absolute atomic E-state index is 0.932. The first kappa shape index (κ1) is 10.8. The Balaban J connectivity index is 1.76. The van der Waals surface area contributed by atoms with Gasteiger partial charge < -0.3 is 9.88 Å². The predicted molar refractivity (Wildman–Crippen MR) is 71.1 cm³/mol. The van der Waals surface area contributed by atoms with Gasteiger partial charge in [-0.15, -0.1) is 0 Å². The lowest BCUT2D eigenvalue weighted by Crippen LogP contribution is -3.11. The fraction of sp³-hybridized carbons (Fsp3) is 0.467. The third-order valence-electron chi connectivity index (χ3n) is 4.10. The van der Waals surface area contributed by atoms with E-state index in [1.54, 1.807) is 4.90 Å². The Kier molecular flexibility index (Phi) is 2.89. The van der Waals surface area contributed by atoms with Gasteiger partial charge in [0.1, 0.15) is 6.54 Å². The number of nitrogens with one attached hydrogen (secondary N) is 2. The number of para-hydroxylation sites is 1. The predicted octanol–water partition coefficient (Wildman–Crippen LogP) is 1.98. The topological polar surface area (TPSA) is 20.2 Å². The molecule has 0 amide bonds. The maximum Gasteiger partial charge on any atom is 0.105 e. The number of quaternary nitrogens is 1. The highest BCUT2D eigenvalue weighted by atomic mass is 15.1. The largest absolute Gasteiger partial charge is 0.361 e. The molecule has 0 bridgehead atoms. The molecule has 1 aliphatic heterocycles. The lowest BCUT2D eigenvalue weighted by atomic mass is 9.99. The van der Waals surface area contributed by atoms with Gasteiger partial charge >= 0.3 is 0 Å². The number of likely N-dealkylation sites (tertiary alicyclic amines) is 1. The van der Waals surface area contributed by atoms with Crippen molar-refractivity contribution in [3.63, 3.8) is 0 Å². The number of rotatable bonds is 2. The van der Waals surface area contributed by atoms with Gasteiger partial charge in [0.15, 0.2) is 0 Å². The number of H-pyrrole nitrogens is 1. The van der Waals surface area contributed by atoms with E-state index in [9.17, 15) is 0 Å². The van der Waals surface area contributed by atoms with Gasteiger partial charge in [0, 0.05) is 22.7 Å². The highest BCUT2D eigenvalue weighted by Crippen LogP contribution is 2.17. The highest BCUT2D eigenvalue weighted by Gasteiger charge is 2.19. The van der Waals surface area contributed by atoms with Gasteiger partial charge in [-0.2, -0.15) is 0 Å². The number of aromatic amines is 1. The van der Waals surface area contributed by atoms with E-state index in [1.165, 1.54) is 48.9 Å². The molecule has 0 aliphatic carbocycles. The van der Waals surface area contributed by atoms with Crippen molar-refractivity contribution in [1.29, 1.82) is 0 Å². The summed E-state index contributed by atoms with van der Waals surface area (Å²) < 4.78 is 0. The zero-order valence-corrected chi connectivity index (χ0v) is 10.5. The average molecular weight is 229 g/mol. The average Bonchev–Trinajstić information content (AvgIpc) is 2.76. The van der Waals surface area contributed by atoms with Gasteiger partial charge in [-0.25, -0.2) is 0 Å². The number of piperidine rings is 1. The molecule has 0 atom stereocenters. The summed E-state index contributed by atoms with van der Waals surface area (Å²) in [7, 11) is 0. The third kappa shape index (κ3) is 2.22. The lowest BCUT2D eigenvalue weighted by Gasteiger charge is -2.27. The Bertz CT molecular complexity index is 492. The number of fused-ring (bicyclic) bond motifs is 1. The van der Waals surface area contributed by atoms with Crippen LogP contribution >= 0.6 is 0 Å². The Morgan fingerprint density at radius 3 is 2.82 bits per heavy atom. The summed E-state index contributed by atoms with van der Waals surface area (Å²) in [5.41, 5.74) is 2.75. The van der Waals surface area contributed by atoms with Crippen LogP contribution in [0.4, 0.5) is 0 Å². The molecular formula is C15H21N2+. The summed E-state index contributed by atoms with van der Waals surface area (Å²) in [6.45, 7) is 6.22. The molecule has 0 unspecified atom stereocenters. The maximum absolute atomic E-state index is 3.37. The molecule has 1 saturated heterocycles. The monoisotopic (exact) mass is 229 g/mol. The van der Waals surface area contributed by atoms with Crippen LogP contribution in [0.3, 0.4) is 0 Å². The standard InChI is InChI=1S/C15H20N2/c1-12-6-8-17(9-7-12)11-13-10-16-15-5-3-2-4-14(13)15/h2-5,10,12,16H,6-9,11H2,1H3/p+1. The van der Waals surface area contributed by atoms with Crippen LogP contribution in [0.1, 0.15) is 25.3 Å². The molecule has 2 N–H and O–H groups in total. The van der Waals surface area contributed by atoms with Gasteiger partial charge in [0.2, 0.25) is 0 Å². The zero-order valence-electron chi connectivity index (χ0n) is 10.5. The lowest BCUT2D eigenvalue weighted by molar-refractivity contribution is -0.919. The second-order valence-corrected chi connectivity index (χ2v) is 5.47. The van der Waals surface area contributed by atoms with Gasteiger partial charge in [0.05, 0.1) is 13.1 Å². The summed E-state index contributed by atoms with van der Waals surface area (Å²) in [4.78, 5) is 5.12. The second kappa shape index (κ2) is 4.53. The number of benzene rings is 1. The summed E-state index contributed by atoms with van der Waals surface area (Å²) in [6.07, 6.45) is 4.96. The van der Waals surface area contributed by atoms with Crippen LogP contribution in [-0.2, 0) is 6.54 Å². The van der Waals surface area contributed by atoms with Crippen molar-refractivity contribution in [2.75, 3.05) is 13.1 Å². The molecule has 0 saturated carbocycles. The second-order valence-electron chi connectivity index (χ2n) is 5.47. The Labute approximate surface area is 103 Å².